The maximum Gasteiger partial charge on any atom is 0.167 e. The first-order valence-corrected chi connectivity index (χ1v) is 20.6. The molecule has 0 fully saturated rings. The summed E-state index contributed by atoms with van der Waals surface area (Å²) < 4.78 is 6.43. The molecule has 0 saturated heterocycles. The summed E-state index contributed by atoms with van der Waals surface area (Å²) in [6.07, 6.45) is 0. The number of furan rings is 1. The molecule has 0 saturated carbocycles. The number of benzene rings is 10. The molecule has 284 valence electrons. The van der Waals surface area contributed by atoms with E-state index in [4.69, 9.17) is 19.4 Å². The smallest absolute Gasteiger partial charge is 0.167 e. The van der Waals surface area contributed by atoms with Gasteiger partial charge in [-0.05, 0) is 90.0 Å². The Labute approximate surface area is 352 Å². The molecule has 0 amide bonds. The summed E-state index contributed by atoms with van der Waals surface area (Å²) in [6.45, 7) is 0. The van der Waals surface area contributed by atoms with Crippen LogP contribution in [-0.2, 0) is 0 Å². The Morgan fingerprint density at radius 3 is 1.62 bits per heavy atom. The average molecular weight is 778 g/mol. The lowest BCUT2D eigenvalue weighted by molar-refractivity contribution is 0.669. The number of fused-ring (bicyclic) bond motifs is 7. The fourth-order valence-electron chi connectivity index (χ4n) is 9.00. The van der Waals surface area contributed by atoms with Crippen molar-refractivity contribution in [2.45, 2.75) is 0 Å². The molecule has 0 aliphatic rings. The van der Waals surface area contributed by atoms with Gasteiger partial charge in [0, 0.05) is 21.9 Å². The molecule has 10 aromatic carbocycles. The largest absolute Gasteiger partial charge is 0.455 e. The number of hydrogen-bond acceptors (Lipinski definition) is 4. The van der Waals surface area contributed by atoms with Gasteiger partial charge in [0.05, 0.1) is 5.56 Å². The van der Waals surface area contributed by atoms with E-state index >= 15 is 0 Å². The minimum atomic E-state index is 0.567. The zero-order valence-corrected chi connectivity index (χ0v) is 33.0. The SMILES string of the molecule is c1ccc(-c2nc(-c3ccc(-c4cc5ccc(-c6c(-c7ccccc7)ccc7ccccc67)cc5c5ccccc45)cc3)nc(-c3cccc4c3oc3ccccc34)n2)cc1. The van der Waals surface area contributed by atoms with Crippen LogP contribution in [0, 0.1) is 0 Å². The molecule has 0 unspecified atom stereocenters. The third-order valence-electron chi connectivity index (χ3n) is 11.9. The quantitative estimate of drug-likeness (QED) is 0.158. The Morgan fingerprint density at radius 1 is 0.279 bits per heavy atom. The fraction of sp³-hybridized carbons (Fsp3) is 0. The zero-order chi connectivity index (χ0) is 40.3. The predicted octanol–water partition coefficient (Wildman–Crippen LogP) is 15.2. The van der Waals surface area contributed by atoms with Crippen molar-refractivity contribution in [1.82, 2.24) is 15.0 Å². The van der Waals surface area contributed by atoms with E-state index in [9.17, 15) is 0 Å². The van der Waals surface area contributed by atoms with Gasteiger partial charge >= 0.3 is 0 Å². The highest BCUT2D eigenvalue weighted by molar-refractivity contribution is 6.16. The van der Waals surface area contributed by atoms with Gasteiger partial charge in [-0.3, -0.25) is 0 Å². The van der Waals surface area contributed by atoms with E-state index in [-0.39, 0.29) is 0 Å². The standard InChI is InChI=1S/C57H35N3O/c1-3-14-36(15-4-1)44-33-32-37-16-7-8-19-43(37)53(44)42-31-30-41-34-50(45-20-9-10-21-46(45)51(41)35-42)38-26-28-40(29-27-38)56-58-55(39-17-5-2-6-18-39)59-57(60-56)49-24-13-23-48-47-22-11-12-25-52(47)61-54(48)49/h1-35H. The minimum Gasteiger partial charge on any atom is -0.455 e. The maximum atomic E-state index is 6.43. The molecule has 0 N–H and O–H groups in total. The van der Waals surface area contributed by atoms with Crippen molar-refractivity contribution in [2.75, 3.05) is 0 Å². The van der Waals surface area contributed by atoms with Gasteiger partial charge in [0.15, 0.2) is 17.5 Å². The Balaban J connectivity index is 0.975. The van der Waals surface area contributed by atoms with E-state index in [2.05, 4.69) is 152 Å². The summed E-state index contributed by atoms with van der Waals surface area (Å²) in [5, 5.41) is 9.42. The van der Waals surface area contributed by atoms with Gasteiger partial charge in [0.1, 0.15) is 11.2 Å². The van der Waals surface area contributed by atoms with Gasteiger partial charge in [-0.1, -0.05) is 188 Å². The van der Waals surface area contributed by atoms with E-state index in [0.717, 1.165) is 44.2 Å². The van der Waals surface area contributed by atoms with E-state index in [0.29, 0.717) is 17.5 Å². The third kappa shape index (κ3) is 5.96. The molecule has 4 nitrogen and oxygen atoms in total. The molecule has 2 heterocycles. The van der Waals surface area contributed by atoms with Crippen molar-refractivity contribution in [2.24, 2.45) is 0 Å². The lowest BCUT2D eigenvalue weighted by Gasteiger charge is -2.16. The molecule has 0 aliphatic heterocycles. The van der Waals surface area contributed by atoms with Crippen LogP contribution in [0.5, 0.6) is 0 Å². The molecule has 0 spiro atoms. The number of para-hydroxylation sites is 2. The van der Waals surface area contributed by atoms with Crippen molar-refractivity contribution in [3.63, 3.8) is 0 Å². The van der Waals surface area contributed by atoms with Gasteiger partial charge in [0.25, 0.3) is 0 Å². The second-order valence-electron chi connectivity index (χ2n) is 15.5. The monoisotopic (exact) mass is 777 g/mol. The Hall–Kier alpha value is -8.21. The number of nitrogens with zero attached hydrogens (tertiary/aromatic N) is 3. The number of hydrogen-bond donors (Lipinski definition) is 0. The lowest BCUT2D eigenvalue weighted by atomic mass is 9.87. The maximum absolute atomic E-state index is 6.43. The molecule has 12 aromatic rings. The molecular formula is C57H35N3O. The highest BCUT2D eigenvalue weighted by Gasteiger charge is 2.19. The molecule has 0 bridgehead atoms. The van der Waals surface area contributed by atoms with Gasteiger partial charge in [-0.15, -0.1) is 0 Å². The van der Waals surface area contributed by atoms with E-state index < -0.39 is 0 Å². The van der Waals surface area contributed by atoms with Crippen LogP contribution < -0.4 is 0 Å². The van der Waals surface area contributed by atoms with Crippen molar-refractivity contribution >= 4 is 54.3 Å². The number of rotatable bonds is 6. The second-order valence-corrected chi connectivity index (χ2v) is 15.5. The Kier molecular flexibility index (Phi) is 8.13. The zero-order valence-electron chi connectivity index (χ0n) is 33.0. The average Bonchev–Trinajstić information content (AvgIpc) is 3.73. The van der Waals surface area contributed by atoms with E-state index in [1.165, 1.54) is 60.1 Å². The van der Waals surface area contributed by atoms with Crippen LogP contribution in [-0.4, -0.2) is 15.0 Å². The van der Waals surface area contributed by atoms with Crippen LogP contribution in [0.25, 0.3) is 122 Å². The summed E-state index contributed by atoms with van der Waals surface area (Å²) in [4.78, 5) is 15.2. The van der Waals surface area contributed by atoms with E-state index in [1.54, 1.807) is 0 Å². The normalized spacial score (nSPS) is 11.6. The summed E-state index contributed by atoms with van der Waals surface area (Å²) in [5.41, 5.74) is 11.4. The van der Waals surface area contributed by atoms with Gasteiger partial charge in [-0.25, -0.2) is 15.0 Å². The molecule has 4 heteroatoms. The number of aromatic nitrogens is 3. The minimum absolute atomic E-state index is 0.567. The van der Waals surface area contributed by atoms with Crippen molar-refractivity contribution in [3.8, 4) is 67.5 Å². The van der Waals surface area contributed by atoms with Gasteiger partial charge < -0.3 is 4.42 Å². The third-order valence-corrected chi connectivity index (χ3v) is 11.9. The molecular weight excluding hydrogens is 743 g/mol. The van der Waals surface area contributed by atoms with Crippen LogP contribution in [0.4, 0.5) is 0 Å². The van der Waals surface area contributed by atoms with Gasteiger partial charge in [-0.2, -0.15) is 0 Å². The highest BCUT2D eigenvalue weighted by atomic mass is 16.3. The Morgan fingerprint density at radius 2 is 0.836 bits per heavy atom. The van der Waals surface area contributed by atoms with Crippen LogP contribution in [0.3, 0.4) is 0 Å². The molecule has 0 aliphatic carbocycles. The first kappa shape index (κ1) is 34.8. The molecule has 0 atom stereocenters. The molecule has 2 aromatic heterocycles. The summed E-state index contributed by atoms with van der Waals surface area (Å²) in [5.74, 6) is 1.77. The van der Waals surface area contributed by atoms with Crippen LogP contribution in [0.1, 0.15) is 0 Å². The predicted molar refractivity (Wildman–Crippen MR) is 252 cm³/mol. The highest BCUT2D eigenvalue weighted by Crippen LogP contribution is 2.42. The van der Waals surface area contributed by atoms with Crippen LogP contribution >= 0.6 is 0 Å². The van der Waals surface area contributed by atoms with Crippen LogP contribution in [0.15, 0.2) is 217 Å². The first-order valence-electron chi connectivity index (χ1n) is 20.6. The first-order chi connectivity index (χ1) is 30.2. The van der Waals surface area contributed by atoms with Crippen molar-refractivity contribution in [1.29, 1.82) is 0 Å². The topological polar surface area (TPSA) is 51.8 Å². The molecule has 12 rings (SSSR count). The summed E-state index contributed by atoms with van der Waals surface area (Å²) in [6, 6.07) is 74.9. The lowest BCUT2D eigenvalue weighted by Crippen LogP contribution is -2.00. The fourth-order valence-corrected chi connectivity index (χ4v) is 9.00. The van der Waals surface area contributed by atoms with Crippen molar-refractivity contribution < 1.29 is 4.42 Å². The van der Waals surface area contributed by atoms with E-state index in [1.807, 2.05) is 60.7 Å². The van der Waals surface area contributed by atoms with Crippen molar-refractivity contribution in [3.05, 3.63) is 212 Å². The van der Waals surface area contributed by atoms with Crippen LogP contribution in [0.2, 0.25) is 0 Å². The van der Waals surface area contributed by atoms with Gasteiger partial charge in [0.2, 0.25) is 0 Å². The Bertz CT molecular complexity index is 3630. The second kappa shape index (κ2) is 14.3. The summed E-state index contributed by atoms with van der Waals surface area (Å²) in [7, 11) is 0. The molecule has 61 heavy (non-hydrogen) atoms. The molecule has 0 radical (unpaired) electrons. The summed E-state index contributed by atoms with van der Waals surface area (Å²) >= 11 is 0.